The van der Waals surface area contributed by atoms with Gasteiger partial charge in [-0.15, -0.1) is 0 Å². The molecule has 0 saturated carbocycles. The highest BCUT2D eigenvalue weighted by Gasteiger charge is 2.07. The summed E-state index contributed by atoms with van der Waals surface area (Å²) in [7, 11) is 3.18. The van der Waals surface area contributed by atoms with E-state index < -0.39 is 0 Å². The predicted molar refractivity (Wildman–Crippen MR) is 74.7 cm³/mol. The van der Waals surface area contributed by atoms with Crippen LogP contribution in [0.3, 0.4) is 0 Å². The van der Waals surface area contributed by atoms with Crippen molar-refractivity contribution in [2.75, 3.05) is 32.7 Å². The highest BCUT2D eigenvalue weighted by atomic mass is 16.5. The number of hydrogen-bond donors (Lipinski definition) is 2. The van der Waals surface area contributed by atoms with Crippen LogP contribution in [0.5, 0.6) is 0 Å². The number of carbonyl (C=O) groups excluding carboxylic acids is 2. The summed E-state index contributed by atoms with van der Waals surface area (Å²) in [5.74, 6) is 0.171. The Hall–Kier alpha value is -2.15. The Labute approximate surface area is 118 Å². The maximum atomic E-state index is 11.6. The zero-order valence-corrected chi connectivity index (χ0v) is 11.8. The largest absolute Gasteiger partial charge is 0.469 e. The van der Waals surface area contributed by atoms with Crippen LogP contribution in [0.25, 0.3) is 0 Å². The first-order valence-corrected chi connectivity index (χ1v) is 6.33. The molecule has 1 aromatic heterocycles. The van der Waals surface area contributed by atoms with Crippen molar-refractivity contribution in [1.82, 2.24) is 15.3 Å². The molecular formula is C13H20N4O3. The molecule has 1 amide bonds. The number of likely N-dealkylation sites (N-methyl/N-ethyl adjacent to an activating group) is 1. The van der Waals surface area contributed by atoms with Crippen LogP contribution in [-0.2, 0) is 14.3 Å². The lowest BCUT2D eigenvalue weighted by Gasteiger charge is -2.16. The van der Waals surface area contributed by atoms with E-state index in [0.29, 0.717) is 25.2 Å². The van der Waals surface area contributed by atoms with E-state index in [1.807, 2.05) is 18.0 Å². The summed E-state index contributed by atoms with van der Waals surface area (Å²) in [6, 6.07) is 5.36. The van der Waals surface area contributed by atoms with Crippen LogP contribution in [0.15, 0.2) is 24.4 Å². The minimum absolute atomic E-state index is 0.170. The number of ether oxygens (including phenoxy) is 1. The lowest BCUT2D eigenvalue weighted by Crippen LogP contribution is -2.38. The number of hydrazine groups is 1. The van der Waals surface area contributed by atoms with Crippen molar-refractivity contribution in [2.24, 2.45) is 0 Å². The van der Waals surface area contributed by atoms with Crippen LogP contribution >= 0.6 is 0 Å². The Morgan fingerprint density at radius 2 is 2.20 bits per heavy atom. The molecule has 1 heterocycles. The molecule has 0 bridgehead atoms. The predicted octanol–water partition coefficient (Wildman–Crippen LogP) is 0.410. The van der Waals surface area contributed by atoms with E-state index in [9.17, 15) is 9.59 Å². The third-order valence-electron chi connectivity index (χ3n) is 2.56. The Bertz CT molecular complexity index is 425. The summed E-state index contributed by atoms with van der Waals surface area (Å²) in [5, 5.41) is 0. The van der Waals surface area contributed by atoms with E-state index in [-0.39, 0.29) is 18.4 Å². The van der Waals surface area contributed by atoms with Gasteiger partial charge in [-0.1, -0.05) is 6.07 Å². The van der Waals surface area contributed by atoms with Crippen molar-refractivity contribution in [1.29, 1.82) is 0 Å². The zero-order chi connectivity index (χ0) is 14.8. The SMILES string of the molecule is COC(=O)CCCN(C)CC(=O)NNc1ccccn1. The molecule has 0 aromatic carbocycles. The summed E-state index contributed by atoms with van der Waals surface area (Å²) in [4.78, 5) is 28.4. The standard InChI is InChI=1S/C13H20N4O3/c1-17(9-5-7-13(19)20-2)10-12(18)16-15-11-6-3-4-8-14-11/h3-4,6,8H,5,7,9-10H2,1-2H3,(H,14,15)(H,16,18). The quantitative estimate of drug-likeness (QED) is 0.530. The van der Waals surface area contributed by atoms with Gasteiger partial charge in [0.25, 0.3) is 5.91 Å². The molecule has 0 saturated heterocycles. The maximum absolute atomic E-state index is 11.6. The lowest BCUT2D eigenvalue weighted by molar-refractivity contribution is -0.140. The average Bonchev–Trinajstić information content (AvgIpc) is 2.46. The van der Waals surface area contributed by atoms with Gasteiger partial charge in [-0.25, -0.2) is 4.98 Å². The average molecular weight is 280 g/mol. The number of esters is 1. The van der Waals surface area contributed by atoms with E-state index in [1.165, 1.54) is 7.11 Å². The van der Waals surface area contributed by atoms with Crippen LogP contribution in [-0.4, -0.2) is 49.0 Å². The third kappa shape index (κ3) is 6.69. The molecule has 0 aliphatic carbocycles. The number of hydrogen-bond acceptors (Lipinski definition) is 6. The highest BCUT2D eigenvalue weighted by molar-refractivity contribution is 5.79. The molecule has 0 aliphatic heterocycles. The number of aromatic nitrogens is 1. The molecule has 0 radical (unpaired) electrons. The second-order valence-electron chi connectivity index (χ2n) is 4.31. The number of amides is 1. The summed E-state index contributed by atoms with van der Waals surface area (Å²) in [6.45, 7) is 0.882. The molecule has 7 heteroatoms. The number of nitrogens with one attached hydrogen (secondary N) is 2. The molecule has 0 spiro atoms. The summed E-state index contributed by atoms with van der Waals surface area (Å²) < 4.78 is 4.55. The van der Waals surface area contributed by atoms with Gasteiger partial charge < -0.3 is 4.74 Å². The summed E-state index contributed by atoms with van der Waals surface area (Å²) in [5.41, 5.74) is 5.28. The molecule has 110 valence electrons. The molecule has 0 unspecified atom stereocenters. The lowest BCUT2D eigenvalue weighted by atomic mass is 10.3. The Morgan fingerprint density at radius 1 is 1.40 bits per heavy atom. The van der Waals surface area contributed by atoms with Gasteiger partial charge in [0, 0.05) is 12.6 Å². The van der Waals surface area contributed by atoms with Gasteiger partial charge in [0.2, 0.25) is 0 Å². The van der Waals surface area contributed by atoms with Crippen molar-refractivity contribution >= 4 is 17.7 Å². The van der Waals surface area contributed by atoms with Gasteiger partial charge in [-0.3, -0.25) is 25.3 Å². The van der Waals surface area contributed by atoms with Crippen molar-refractivity contribution in [3.05, 3.63) is 24.4 Å². The second kappa shape index (κ2) is 8.87. The first kappa shape index (κ1) is 15.9. The topological polar surface area (TPSA) is 83.6 Å². The first-order valence-electron chi connectivity index (χ1n) is 6.33. The fourth-order valence-corrected chi connectivity index (χ4v) is 1.53. The fourth-order valence-electron chi connectivity index (χ4n) is 1.53. The second-order valence-corrected chi connectivity index (χ2v) is 4.31. The van der Waals surface area contributed by atoms with Crippen LogP contribution in [0, 0.1) is 0 Å². The van der Waals surface area contributed by atoms with Crippen molar-refractivity contribution in [3.8, 4) is 0 Å². The molecule has 0 fully saturated rings. The molecule has 0 atom stereocenters. The minimum Gasteiger partial charge on any atom is -0.469 e. The van der Waals surface area contributed by atoms with Gasteiger partial charge in [0.05, 0.1) is 13.7 Å². The maximum Gasteiger partial charge on any atom is 0.305 e. The smallest absolute Gasteiger partial charge is 0.305 e. The number of pyridine rings is 1. The minimum atomic E-state index is -0.236. The van der Waals surface area contributed by atoms with Gasteiger partial charge >= 0.3 is 5.97 Å². The van der Waals surface area contributed by atoms with Gasteiger partial charge in [0.15, 0.2) is 0 Å². The number of carbonyl (C=O) groups is 2. The molecular weight excluding hydrogens is 260 g/mol. The van der Waals surface area contributed by atoms with E-state index in [1.54, 1.807) is 18.3 Å². The molecule has 0 aliphatic rings. The van der Waals surface area contributed by atoms with E-state index in [2.05, 4.69) is 20.6 Å². The monoisotopic (exact) mass is 280 g/mol. The molecule has 1 rings (SSSR count). The van der Waals surface area contributed by atoms with E-state index in [0.717, 1.165) is 0 Å². The van der Waals surface area contributed by atoms with E-state index >= 15 is 0 Å². The van der Waals surface area contributed by atoms with Crippen LogP contribution in [0.1, 0.15) is 12.8 Å². The van der Waals surface area contributed by atoms with Crippen molar-refractivity contribution in [2.45, 2.75) is 12.8 Å². The molecule has 7 nitrogen and oxygen atoms in total. The van der Waals surface area contributed by atoms with Crippen molar-refractivity contribution in [3.63, 3.8) is 0 Å². The number of rotatable bonds is 8. The Morgan fingerprint density at radius 3 is 2.85 bits per heavy atom. The zero-order valence-electron chi connectivity index (χ0n) is 11.8. The van der Waals surface area contributed by atoms with Crippen LogP contribution < -0.4 is 10.9 Å². The Kier molecular flexibility index (Phi) is 7.05. The first-order chi connectivity index (χ1) is 9.61. The highest BCUT2D eigenvalue weighted by Crippen LogP contribution is 1.97. The number of anilines is 1. The van der Waals surface area contributed by atoms with Crippen LogP contribution in [0.2, 0.25) is 0 Å². The van der Waals surface area contributed by atoms with Gasteiger partial charge in [0.1, 0.15) is 5.82 Å². The van der Waals surface area contributed by atoms with Gasteiger partial charge in [-0.05, 0) is 32.1 Å². The van der Waals surface area contributed by atoms with Crippen molar-refractivity contribution < 1.29 is 14.3 Å². The molecule has 2 N–H and O–H groups in total. The summed E-state index contributed by atoms with van der Waals surface area (Å²) in [6.07, 6.45) is 2.65. The summed E-state index contributed by atoms with van der Waals surface area (Å²) >= 11 is 0. The molecule has 20 heavy (non-hydrogen) atoms. The van der Waals surface area contributed by atoms with E-state index in [4.69, 9.17) is 0 Å². The third-order valence-corrected chi connectivity index (χ3v) is 2.56. The molecule has 1 aromatic rings. The van der Waals surface area contributed by atoms with Crippen LogP contribution in [0.4, 0.5) is 5.82 Å². The Balaban J connectivity index is 2.16. The fraction of sp³-hybridized carbons (Fsp3) is 0.462. The number of nitrogens with zero attached hydrogens (tertiary/aromatic N) is 2. The number of methoxy groups -OCH3 is 1. The van der Waals surface area contributed by atoms with Gasteiger partial charge in [-0.2, -0.15) is 0 Å². The normalized spacial score (nSPS) is 10.2.